The van der Waals surface area contributed by atoms with Gasteiger partial charge in [-0.3, -0.25) is 0 Å². The maximum atomic E-state index is 5.88. The number of methoxy groups -OCH3 is 1. The standard InChI is InChI=1S/C18H37NO/c1-4-6-7-8-9-10-11-13-17(19-16-5-2)18(20-3)14-12-15-18/h17,19H,4-16H2,1-3H3. The SMILES string of the molecule is CCCCCCCCCC(NCCC)C1(OC)CCC1. The molecule has 1 atom stereocenters. The average molecular weight is 284 g/mol. The van der Waals surface area contributed by atoms with Gasteiger partial charge in [0.05, 0.1) is 5.60 Å². The van der Waals surface area contributed by atoms with Crippen LogP contribution in [0, 0.1) is 0 Å². The van der Waals surface area contributed by atoms with E-state index in [1.165, 1.54) is 77.0 Å². The van der Waals surface area contributed by atoms with Crippen LogP contribution in [0.2, 0.25) is 0 Å². The van der Waals surface area contributed by atoms with Crippen LogP contribution >= 0.6 is 0 Å². The summed E-state index contributed by atoms with van der Waals surface area (Å²) in [5.74, 6) is 0. The molecule has 1 N–H and O–H groups in total. The third-order valence-electron chi connectivity index (χ3n) is 4.98. The fourth-order valence-corrected chi connectivity index (χ4v) is 3.40. The highest BCUT2D eigenvalue weighted by Crippen LogP contribution is 2.39. The fraction of sp³-hybridized carbons (Fsp3) is 1.00. The van der Waals surface area contributed by atoms with Crippen LogP contribution < -0.4 is 5.32 Å². The van der Waals surface area contributed by atoms with Gasteiger partial charge in [0.2, 0.25) is 0 Å². The van der Waals surface area contributed by atoms with Crippen molar-refractivity contribution in [2.45, 2.75) is 103 Å². The predicted octanol–water partition coefficient (Wildman–Crippen LogP) is 5.06. The first-order valence-corrected chi connectivity index (χ1v) is 9.07. The molecule has 20 heavy (non-hydrogen) atoms. The van der Waals surface area contributed by atoms with Crippen molar-refractivity contribution in [2.24, 2.45) is 0 Å². The van der Waals surface area contributed by atoms with Crippen molar-refractivity contribution in [3.63, 3.8) is 0 Å². The van der Waals surface area contributed by atoms with Crippen molar-refractivity contribution >= 4 is 0 Å². The van der Waals surface area contributed by atoms with Gasteiger partial charge < -0.3 is 10.1 Å². The van der Waals surface area contributed by atoms with Gasteiger partial charge in [-0.2, -0.15) is 0 Å². The van der Waals surface area contributed by atoms with Crippen LogP contribution in [0.25, 0.3) is 0 Å². The number of hydrogen-bond donors (Lipinski definition) is 1. The van der Waals surface area contributed by atoms with Gasteiger partial charge in [-0.15, -0.1) is 0 Å². The molecule has 0 aromatic carbocycles. The van der Waals surface area contributed by atoms with E-state index in [2.05, 4.69) is 19.2 Å². The molecule has 2 nitrogen and oxygen atoms in total. The van der Waals surface area contributed by atoms with E-state index >= 15 is 0 Å². The first-order chi connectivity index (χ1) is 9.79. The lowest BCUT2D eigenvalue weighted by Crippen LogP contribution is -2.56. The van der Waals surface area contributed by atoms with Gasteiger partial charge >= 0.3 is 0 Å². The Balaban J connectivity index is 2.20. The highest BCUT2D eigenvalue weighted by atomic mass is 16.5. The molecule has 0 aromatic heterocycles. The summed E-state index contributed by atoms with van der Waals surface area (Å²) in [5.41, 5.74) is 0.164. The summed E-state index contributed by atoms with van der Waals surface area (Å²) in [5, 5.41) is 3.75. The Morgan fingerprint density at radius 2 is 1.60 bits per heavy atom. The minimum absolute atomic E-state index is 0.164. The zero-order valence-corrected chi connectivity index (χ0v) is 14.2. The van der Waals surface area contributed by atoms with E-state index in [-0.39, 0.29) is 5.60 Å². The summed E-state index contributed by atoms with van der Waals surface area (Å²) in [4.78, 5) is 0. The van der Waals surface area contributed by atoms with Crippen molar-refractivity contribution in [2.75, 3.05) is 13.7 Å². The molecular formula is C18H37NO. The maximum absolute atomic E-state index is 5.88. The first kappa shape index (κ1) is 18.0. The Kier molecular flexibility index (Phi) is 9.54. The molecule has 1 aliphatic rings. The molecule has 0 spiro atoms. The molecule has 0 heterocycles. The van der Waals surface area contributed by atoms with Crippen LogP contribution in [0.3, 0.4) is 0 Å². The smallest absolute Gasteiger partial charge is 0.0831 e. The second-order valence-electron chi connectivity index (χ2n) is 6.54. The van der Waals surface area contributed by atoms with Crippen molar-refractivity contribution in [1.29, 1.82) is 0 Å². The molecule has 1 saturated carbocycles. The maximum Gasteiger partial charge on any atom is 0.0831 e. The largest absolute Gasteiger partial charge is 0.377 e. The minimum atomic E-state index is 0.164. The third-order valence-corrected chi connectivity index (χ3v) is 4.98. The summed E-state index contributed by atoms with van der Waals surface area (Å²) >= 11 is 0. The number of unbranched alkanes of at least 4 members (excludes halogenated alkanes) is 6. The summed E-state index contributed by atoms with van der Waals surface area (Å²) in [6.45, 7) is 5.66. The second-order valence-corrected chi connectivity index (χ2v) is 6.54. The minimum Gasteiger partial charge on any atom is -0.377 e. The van der Waals surface area contributed by atoms with Crippen LogP contribution in [-0.2, 0) is 4.74 Å². The predicted molar refractivity (Wildman–Crippen MR) is 88.3 cm³/mol. The molecule has 0 aliphatic heterocycles. The Bertz CT molecular complexity index is 220. The molecule has 1 rings (SSSR count). The molecule has 0 bridgehead atoms. The van der Waals surface area contributed by atoms with E-state index in [0.29, 0.717) is 6.04 Å². The van der Waals surface area contributed by atoms with Gasteiger partial charge in [0.25, 0.3) is 0 Å². The van der Waals surface area contributed by atoms with E-state index in [0.717, 1.165) is 6.54 Å². The monoisotopic (exact) mass is 283 g/mol. The zero-order chi connectivity index (χ0) is 14.7. The molecule has 0 aromatic rings. The van der Waals surface area contributed by atoms with Crippen molar-refractivity contribution in [3.05, 3.63) is 0 Å². The van der Waals surface area contributed by atoms with Gasteiger partial charge in [0.15, 0.2) is 0 Å². The number of hydrogen-bond acceptors (Lipinski definition) is 2. The molecule has 2 heteroatoms. The van der Waals surface area contributed by atoms with Gasteiger partial charge in [-0.1, -0.05) is 58.8 Å². The Morgan fingerprint density at radius 3 is 2.10 bits per heavy atom. The summed E-state index contributed by atoms with van der Waals surface area (Å²) in [6.07, 6.45) is 16.1. The number of ether oxygens (including phenoxy) is 1. The Morgan fingerprint density at radius 1 is 0.950 bits per heavy atom. The molecule has 1 aliphatic carbocycles. The van der Waals surface area contributed by atoms with E-state index in [1.807, 2.05) is 7.11 Å². The normalized spacial score (nSPS) is 18.8. The molecule has 0 saturated heterocycles. The van der Waals surface area contributed by atoms with Gasteiger partial charge in [0, 0.05) is 13.2 Å². The van der Waals surface area contributed by atoms with Gasteiger partial charge in [-0.05, 0) is 38.6 Å². The van der Waals surface area contributed by atoms with Crippen LogP contribution in [-0.4, -0.2) is 25.3 Å². The zero-order valence-electron chi connectivity index (χ0n) is 14.2. The van der Waals surface area contributed by atoms with Crippen LogP contribution in [0.1, 0.15) is 90.9 Å². The van der Waals surface area contributed by atoms with Gasteiger partial charge in [-0.25, -0.2) is 0 Å². The van der Waals surface area contributed by atoms with Crippen LogP contribution in [0.5, 0.6) is 0 Å². The van der Waals surface area contributed by atoms with E-state index < -0.39 is 0 Å². The lowest BCUT2D eigenvalue weighted by atomic mass is 9.73. The summed E-state index contributed by atoms with van der Waals surface area (Å²) in [6, 6.07) is 0.580. The highest BCUT2D eigenvalue weighted by molar-refractivity contribution is 4.99. The van der Waals surface area contributed by atoms with Gasteiger partial charge in [0.1, 0.15) is 0 Å². The Hall–Kier alpha value is -0.0800. The van der Waals surface area contributed by atoms with Crippen molar-refractivity contribution in [1.82, 2.24) is 5.32 Å². The number of nitrogens with one attached hydrogen (secondary N) is 1. The lowest BCUT2D eigenvalue weighted by molar-refractivity contribution is -0.100. The molecule has 0 radical (unpaired) electrons. The van der Waals surface area contributed by atoms with E-state index in [4.69, 9.17) is 4.74 Å². The topological polar surface area (TPSA) is 21.3 Å². The molecular weight excluding hydrogens is 246 g/mol. The third kappa shape index (κ3) is 5.73. The lowest BCUT2D eigenvalue weighted by Gasteiger charge is -2.47. The molecule has 1 fully saturated rings. The summed E-state index contributed by atoms with van der Waals surface area (Å²) in [7, 11) is 1.91. The summed E-state index contributed by atoms with van der Waals surface area (Å²) < 4.78 is 5.88. The van der Waals surface area contributed by atoms with E-state index in [1.54, 1.807) is 0 Å². The Labute approximate surface area is 127 Å². The van der Waals surface area contributed by atoms with Crippen LogP contribution in [0.15, 0.2) is 0 Å². The molecule has 0 amide bonds. The number of rotatable bonds is 13. The van der Waals surface area contributed by atoms with Crippen molar-refractivity contribution < 1.29 is 4.74 Å². The van der Waals surface area contributed by atoms with E-state index in [9.17, 15) is 0 Å². The highest BCUT2D eigenvalue weighted by Gasteiger charge is 2.43. The first-order valence-electron chi connectivity index (χ1n) is 9.07. The van der Waals surface area contributed by atoms with Crippen molar-refractivity contribution in [3.8, 4) is 0 Å². The second kappa shape index (κ2) is 10.6. The molecule has 120 valence electrons. The quantitative estimate of drug-likeness (QED) is 0.477. The average Bonchev–Trinajstić information content (AvgIpc) is 2.42. The van der Waals surface area contributed by atoms with Crippen LogP contribution in [0.4, 0.5) is 0 Å². The molecule has 1 unspecified atom stereocenters. The fourth-order valence-electron chi connectivity index (χ4n) is 3.40.